The zero-order valence-corrected chi connectivity index (χ0v) is 20.1. The van der Waals surface area contributed by atoms with Crippen LogP contribution in [0.2, 0.25) is 0 Å². The van der Waals surface area contributed by atoms with Crippen molar-refractivity contribution in [3.63, 3.8) is 0 Å². The van der Waals surface area contributed by atoms with Crippen molar-refractivity contribution in [1.29, 1.82) is 0 Å². The molecule has 4 aliphatic rings. The summed E-state index contributed by atoms with van der Waals surface area (Å²) >= 11 is 0. The summed E-state index contributed by atoms with van der Waals surface area (Å²) in [6.07, 6.45) is 4.88. The molecular weight excluding hydrogens is 440 g/mol. The normalized spacial score (nSPS) is 35.6. The summed E-state index contributed by atoms with van der Waals surface area (Å²) in [6.45, 7) is 7.58. The molecule has 1 aliphatic carbocycles. The summed E-state index contributed by atoms with van der Waals surface area (Å²) in [7, 11) is 1.65. The molecule has 1 amide bonds. The Kier molecular flexibility index (Phi) is 5.69. The summed E-state index contributed by atoms with van der Waals surface area (Å²) in [5.74, 6) is -1.12. The third-order valence-electron chi connectivity index (χ3n) is 7.77. The number of fused-ring (bicyclic) bond motifs is 1. The van der Waals surface area contributed by atoms with Gasteiger partial charge in [-0.3, -0.25) is 4.90 Å². The number of carbonyl (C=O) groups excluding carboxylic acids is 1. The zero-order chi connectivity index (χ0) is 24.3. The quantitative estimate of drug-likeness (QED) is 0.496. The average molecular weight is 473 g/mol. The number of hydrogen-bond acceptors (Lipinski definition) is 7. The summed E-state index contributed by atoms with van der Waals surface area (Å²) < 4.78 is 24.1. The maximum atomic E-state index is 13.1. The first-order valence-corrected chi connectivity index (χ1v) is 11.8. The maximum Gasteiger partial charge on any atom is 0.410 e. The Labute approximate surface area is 199 Å². The highest BCUT2D eigenvalue weighted by atomic mass is 16.6. The molecule has 1 N–H and O–H groups in total. The smallest absolute Gasteiger partial charge is 0.410 e. The second-order valence-corrected chi connectivity index (χ2v) is 10.3. The Hall–Kier alpha value is -2.49. The number of ether oxygens (including phenoxy) is 4. The van der Waals surface area contributed by atoms with Crippen LogP contribution >= 0.6 is 0 Å². The van der Waals surface area contributed by atoms with Crippen molar-refractivity contribution >= 4 is 12.1 Å². The molecule has 0 radical (unpaired) electrons. The molecule has 9 heteroatoms. The van der Waals surface area contributed by atoms with Crippen molar-refractivity contribution in [3.05, 3.63) is 40.7 Å². The number of aromatic nitrogens is 1. The summed E-state index contributed by atoms with van der Waals surface area (Å²) in [5.41, 5.74) is 2.17. The van der Waals surface area contributed by atoms with Crippen molar-refractivity contribution in [2.24, 2.45) is 5.92 Å². The van der Waals surface area contributed by atoms with E-state index in [1.165, 1.54) is 17.8 Å². The Morgan fingerprint density at radius 3 is 2.71 bits per heavy atom. The Morgan fingerprint density at radius 1 is 1.32 bits per heavy atom. The largest absolute Gasteiger partial charge is 0.477 e. The number of carbonyl (C=O) groups is 2. The van der Waals surface area contributed by atoms with Gasteiger partial charge in [-0.2, -0.15) is 0 Å². The van der Waals surface area contributed by atoms with Gasteiger partial charge in [0.2, 0.25) is 0 Å². The fourth-order valence-electron chi connectivity index (χ4n) is 5.80. The predicted molar refractivity (Wildman–Crippen MR) is 120 cm³/mol. The number of aromatic carboxylic acids is 1. The van der Waals surface area contributed by atoms with E-state index in [2.05, 4.69) is 31.8 Å². The van der Waals surface area contributed by atoms with Crippen LogP contribution in [0, 0.1) is 5.92 Å². The second-order valence-electron chi connectivity index (χ2n) is 10.3. The van der Waals surface area contributed by atoms with Gasteiger partial charge >= 0.3 is 12.1 Å². The standard InChI is InChI=1S/C25H32N2O7/c1-14(2)5-6-19-24(3,34-19)21-20(31-4)18(7-8-25(21)13-32-25)33-23(30)27-11-15-9-17(22(28)29)26-10-16(15)12-27/h5,9-10,18-21H,6-8,11-13H2,1-4H3,(H,28,29)/t18-,19-,20-,21-,24+,25+/m1/s1. The van der Waals surface area contributed by atoms with E-state index in [0.29, 0.717) is 26.1 Å². The van der Waals surface area contributed by atoms with Crippen molar-refractivity contribution in [1.82, 2.24) is 9.88 Å². The van der Waals surface area contributed by atoms with Crippen LogP contribution in [0.15, 0.2) is 23.9 Å². The maximum absolute atomic E-state index is 13.1. The van der Waals surface area contributed by atoms with Gasteiger partial charge in [-0.05, 0) is 57.2 Å². The molecule has 0 aromatic carbocycles. The van der Waals surface area contributed by atoms with E-state index in [0.717, 1.165) is 24.0 Å². The van der Waals surface area contributed by atoms with E-state index in [4.69, 9.17) is 18.9 Å². The monoisotopic (exact) mass is 472 g/mol. The first-order valence-electron chi connectivity index (χ1n) is 11.8. The zero-order valence-electron chi connectivity index (χ0n) is 20.1. The second kappa shape index (κ2) is 8.32. The van der Waals surface area contributed by atoms with Crippen LogP contribution in [0.5, 0.6) is 0 Å². The average Bonchev–Trinajstić information content (AvgIpc) is 3.66. The molecule has 1 aromatic rings. The molecule has 3 fully saturated rings. The Morgan fingerprint density at radius 2 is 2.06 bits per heavy atom. The lowest BCUT2D eigenvalue weighted by molar-refractivity contribution is -0.122. The van der Waals surface area contributed by atoms with Crippen molar-refractivity contribution in [2.75, 3.05) is 13.7 Å². The topological polar surface area (TPSA) is 114 Å². The highest BCUT2D eigenvalue weighted by molar-refractivity contribution is 5.85. The lowest BCUT2D eigenvalue weighted by atomic mass is 9.68. The predicted octanol–water partition coefficient (Wildman–Crippen LogP) is 3.31. The molecule has 5 rings (SSSR count). The molecule has 0 bridgehead atoms. The highest BCUT2D eigenvalue weighted by Gasteiger charge is 2.72. The number of epoxide rings is 2. The van der Waals surface area contributed by atoms with Crippen molar-refractivity contribution in [2.45, 2.75) is 82.6 Å². The van der Waals surface area contributed by atoms with Gasteiger partial charge in [0, 0.05) is 19.9 Å². The number of rotatable bonds is 6. The third kappa shape index (κ3) is 3.99. The summed E-state index contributed by atoms with van der Waals surface area (Å²) in [5, 5.41) is 9.18. The summed E-state index contributed by atoms with van der Waals surface area (Å²) in [6, 6.07) is 1.52. The van der Waals surface area contributed by atoms with Gasteiger partial charge in [-0.1, -0.05) is 11.6 Å². The summed E-state index contributed by atoms with van der Waals surface area (Å²) in [4.78, 5) is 29.8. The molecule has 34 heavy (non-hydrogen) atoms. The molecule has 2 saturated heterocycles. The highest BCUT2D eigenvalue weighted by Crippen LogP contribution is 2.59. The van der Waals surface area contributed by atoms with E-state index in [1.54, 1.807) is 12.0 Å². The van der Waals surface area contributed by atoms with Crippen molar-refractivity contribution in [3.8, 4) is 0 Å². The fraction of sp³-hybridized carbons (Fsp3) is 0.640. The van der Waals surface area contributed by atoms with Crippen molar-refractivity contribution < 1.29 is 33.6 Å². The van der Waals surface area contributed by atoms with Gasteiger partial charge in [0.25, 0.3) is 0 Å². The van der Waals surface area contributed by atoms with Gasteiger partial charge in [0.15, 0.2) is 0 Å². The van der Waals surface area contributed by atoms with E-state index in [9.17, 15) is 14.7 Å². The first kappa shape index (κ1) is 23.3. The number of carboxylic acid groups (broad SMARTS) is 1. The van der Waals surface area contributed by atoms with Gasteiger partial charge in [0.1, 0.15) is 29.1 Å². The van der Waals surface area contributed by atoms with E-state index < -0.39 is 23.8 Å². The van der Waals surface area contributed by atoms with E-state index in [-0.39, 0.29) is 29.4 Å². The van der Waals surface area contributed by atoms with E-state index in [1.807, 2.05) is 0 Å². The molecule has 0 unspecified atom stereocenters. The third-order valence-corrected chi connectivity index (χ3v) is 7.77. The minimum absolute atomic E-state index is 0.0291. The molecule has 1 saturated carbocycles. The number of pyridine rings is 1. The molecule has 6 atom stereocenters. The van der Waals surface area contributed by atoms with Crippen LogP contribution in [0.1, 0.15) is 61.6 Å². The van der Waals surface area contributed by atoms with Crippen LogP contribution in [-0.4, -0.2) is 70.3 Å². The van der Waals surface area contributed by atoms with Crippen LogP contribution in [0.3, 0.4) is 0 Å². The molecule has 4 heterocycles. The first-order chi connectivity index (χ1) is 16.2. The molecule has 184 valence electrons. The van der Waals surface area contributed by atoms with Gasteiger partial charge in [0.05, 0.1) is 25.2 Å². The minimum Gasteiger partial charge on any atom is -0.477 e. The van der Waals surface area contributed by atoms with Crippen LogP contribution in [0.25, 0.3) is 0 Å². The molecule has 3 aliphatic heterocycles. The Bertz CT molecular complexity index is 1030. The lowest BCUT2D eigenvalue weighted by Gasteiger charge is -2.43. The lowest BCUT2D eigenvalue weighted by Crippen LogP contribution is -2.56. The molecule has 1 spiro atoms. The van der Waals surface area contributed by atoms with Crippen LogP contribution < -0.4 is 0 Å². The Balaban J connectivity index is 1.28. The van der Waals surface area contributed by atoms with Crippen LogP contribution in [-0.2, 0) is 32.0 Å². The van der Waals surface area contributed by atoms with Gasteiger partial charge in [-0.15, -0.1) is 0 Å². The molecular formula is C25H32N2O7. The van der Waals surface area contributed by atoms with Gasteiger partial charge in [-0.25, -0.2) is 14.6 Å². The van der Waals surface area contributed by atoms with Crippen LogP contribution in [0.4, 0.5) is 4.79 Å². The SMILES string of the molecule is CO[C@@H]1[C@H](OC(=O)N2Cc3cnc(C(=O)O)cc3C2)CC[C@]2(CO2)[C@H]1[C@@]1(C)O[C@@H]1CC=C(C)C. The minimum atomic E-state index is -1.09. The number of methoxy groups -OCH3 is 1. The van der Waals surface area contributed by atoms with Gasteiger partial charge < -0.3 is 24.1 Å². The number of amides is 1. The molecule has 1 aromatic heterocycles. The number of hydrogen-bond donors (Lipinski definition) is 1. The van der Waals surface area contributed by atoms with E-state index >= 15 is 0 Å². The molecule has 9 nitrogen and oxygen atoms in total. The number of nitrogens with zero attached hydrogens (tertiary/aromatic N) is 2. The number of allylic oxidation sites excluding steroid dienone is 1. The number of carboxylic acids is 1. The fourth-order valence-corrected chi connectivity index (χ4v) is 5.80.